The number of hydrogen-bond acceptors (Lipinski definition) is 3. The molecule has 3 rings (SSSR count). The first kappa shape index (κ1) is 12.0. The zero-order valence-electron chi connectivity index (χ0n) is 10.7. The number of nitrogens with one attached hydrogen (secondary N) is 1. The highest BCUT2D eigenvalue weighted by molar-refractivity contribution is 5.81. The molecule has 5 nitrogen and oxygen atoms in total. The van der Waals surface area contributed by atoms with Crippen LogP contribution in [0.3, 0.4) is 0 Å². The normalized spacial score (nSPS) is 35.2. The molecule has 0 bridgehead atoms. The van der Waals surface area contributed by atoms with Crippen molar-refractivity contribution in [3.05, 3.63) is 0 Å². The summed E-state index contributed by atoms with van der Waals surface area (Å²) in [6.07, 6.45) is 3.98. The van der Waals surface area contributed by atoms with E-state index in [0.29, 0.717) is 6.54 Å². The van der Waals surface area contributed by atoms with Gasteiger partial charge in [0.1, 0.15) is 0 Å². The lowest BCUT2D eigenvalue weighted by Gasteiger charge is -2.31. The van der Waals surface area contributed by atoms with Gasteiger partial charge in [0.15, 0.2) is 0 Å². The fraction of sp³-hybridized carbons (Fsp3) is 0.846. The van der Waals surface area contributed by atoms with Crippen LogP contribution in [-0.2, 0) is 14.3 Å². The van der Waals surface area contributed by atoms with Crippen molar-refractivity contribution in [3.63, 3.8) is 0 Å². The average Bonchev–Trinajstić information content (AvgIpc) is 3.13. The first-order chi connectivity index (χ1) is 8.66. The van der Waals surface area contributed by atoms with Gasteiger partial charge in [-0.25, -0.2) is 0 Å². The van der Waals surface area contributed by atoms with E-state index in [1.807, 2.05) is 4.90 Å². The quantitative estimate of drug-likeness (QED) is 0.768. The standard InChI is InChI=1S/C13H20N2O3/c1-8(16)15-7-10(14-13(17)9-4-5-9)12-11(15)3-2-6-18-12/h9-12H,2-7H2,1H3,(H,14,17)/t10-,11?,12?/m0/s1. The van der Waals surface area contributed by atoms with Crippen molar-refractivity contribution in [3.8, 4) is 0 Å². The summed E-state index contributed by atoms with van der Waals surface area (Å²) in [5.74, 6) is 0.426. The lowest BCUT2D eigenvalue weighted by molar-refractivity contribution is -0.132. The Balaban J connectivity index is 1.69. The van der Waals surface area contributed by atoms with Gasteiger partial charge in [0, 0.05) is 26.0 Å². The van der Waals surface area contributed by atoms with Crippen LogP contribution in [0.1, 0.15) is 32.6 Å². The third kappa shape index (κ3) is 2.11. The van der Waals surface area contributed by atoms with Crippen LogP contribution in [0.25, 0.3) is 0 Å². The third-order valence-corrected chi connectivity index (χ3v) is 4.20. The van der Waals surface area contributed by atoms with E-state index in [2.05, 4.69) is 5.32 Å². The highest BCUT2D eigenvalue weighted by Gasteiger charge is 2.46. The molecule has 0 aromatic carbocycles. The molecule has 2 heterocycles. The van der Waals surface area contributed by atoms with Crippen molar-refractivity contribution in [1.82, 2.24) is 10.2 Å². The van der Waals surface area contributed by atoms with Crippen LogP contribution in [0, 0.1) is 5.92 Å². The lowest BCUT2D eigenvalue weighted by Crippen LogP contribution is -2.48. The molecule has 0 aromatic heterocycles. The molecule has 100 valence electrons. The summed E-state index contributed by atoms with van der Waals surface area (Å²) in [7, 11) is 0. The molecule has 18 heavy (non-hydrogen) atoms. The zero-order valence-corrected chi connectivity index (χ0v) is 10.7. The highest BCUT2D eigenvalue weighted by atomic mass is 16.5. The summed E-state index contributed by atoms with van der Waals surface area (Å²) in [6, 6.07) is 0.132. The van der Waals surface area contributed by atoms with Gasteiger partial charge >= 0.3 is 0 Å². The van der Waals surface area contributed by atoms with E-state index in [9.17, 15) is 9.59 Å². The Labute approximate surface area is 107 Å². The number of ether oxygens (including phenoxy) is 1. The van der Waals surface area contributed by atoms with Crippen LogP contribution in [0.5, 0.6) is 0 Å². The van der Waals surface area contributed by atoms with E-state index in [1.165, 1.54) is 0 Å². The summed E-state index contributed by atoms with van der Waals surface area (Å²) in [6.45, 7) is 2.93. The van der Waals surface area contributed by atoms with Crippen LogP contribution in [0.15, 0.2) is 0 Å². The van der Waals surface area contributed by atoms with Crippen molar-refractivity contribution < 1.29 is 14.3 Å². The van der Waals surface area contributed by atoms with Gasteiger partial charge in [0.2, 0.25) is 11.8 Å². The van der Waals surface area contributed by atoms with Crippen LogP contribution < -0.4 is 5.32 Å². The van der Waals surface area contributed by atoms with Gasteiger partial charge in [-0.1, -0.05) is 0 Å². The SMILES string of the molecule is CC(=O)N1C[C@H](NC(=O)C2CC2)C2OCCCC21. The van der Waals surface area contributed by atoms with Crippen LogP contribution in [-0.4, -0.2) is 48.1 Å². The van der Waals surface area contributed by atoms with Crippen molar-refractivity contribution in [1.29, 1.82) is 0 Å². The first-order valence-electron chi connectivity index (χ1n) is 6.86. The number of rotatable bonds is 2. The average molecular weight is 252 g/mol. The highest BCUT2D eigenvalue weighted by Crippen LogP contribution is 2.32. The Kier molecular flexibility index (Phi) is 3.01. The summed E-state index contributed by atoms with van der Waals surface area (Å²) in [4.78, 5) is 25.3. The monoisotopic (exact) mass is 252 g/mol. The largest absolute Gasteiger partial charge is 0.374 e. The van der Waals surface area contributed by atoms with Crippen LogP contribution in [0.2, 0.25) is 0 Å². The molecule has 0 spiro atoms. The molecule has 1 saturated carbocycles. The van der Waals surface area contributed by atoms with Gasteiger partial charge in [-0.2, -0.15) is 0 Å². The minimum atomic E-state index is -0.0210. The Morgan fingerprint density at radius 3 is 2.72 bits per heavy atom. The van der Waals surface area contributed by atoms with Gasteiger partial charge in [-0.3, -0.25) is 9.59 Å². The first-order valence-corrected chi connectivity index (χ1v) is 6.86. The number of nitrogens with zero attached hydrogens (tertiary/aromatic N) is 1. The maximum atomic E-state index is 11.8. The summed E-state index contributed by atoms with van der Waals surface area (Å²) in [5.41, 5.74) is 0. The van der Waals surface area contributed by atoms with Gasteiger partial charge in [-0.15, -0.1) is 0 Å². The second-order valence-corrected chi connectivity index (χ2v) is 5.61. The second kappa shape index (κ2) is 4.53. The number of carbonyl (C=O) groups is 2. The van der Waals surface area contributed by atoms with Gasteiger partial charge in [0.25, 0.3) is 0 Å². The van der Waals surface area contributed by atoms with E-state index in [4.69, 9.17) is 4.74 Å². The Bertz CT molecular complexity index is 367. The Morgan fingerprint density at radius 1 is 1.28 bits per heavy atom. The van der Waals surface area contributed by atoms with Crippen LogP contribution in [0.4, 0.5) is 0 Å². The van der Waals surface area contributed by atoms with Gasteiger partial charge in [-0.05, 0) is 25.7 Å². The predicted octanol–water partition coefficient (Wildman–Crippen LogP) is 0.291. The van der Waals surface area contributed by atoms with Crippen molar-refractivity contribution >= 4 is 11.8 Å². The summed E-state index contributed by atoms with van der Waals surface area (Å²) < 4.78 is 5.79. The van der Waals surface area contributed by atoms with Crippen molar-refractivity contribution in [2.24, 2.45) is 5.92 Å². The molecule has 3 aliphatic rings. The number of hydrogen-bond donors (Lipinski definition) is 1. The fourth-order valence-electron chi connectivity index (χ4n) is 3.09. The van der Waals surface area contributed by atoms with Gasteiger partial charge < -0.3 is 15.0 Å². The summed E-state index contributed by atoms with van der Waals surface area (Å²) >= 11 is 0. The molecule has 2 aliphatic heterocycles. The molecule has 3 fully saturated rings. The summed E-state index contributed by atoms with van der Waals surface area (Å²) in [5, 5.41) is 3.07. The van der Waals surface area contributed by atoms with E-state index < -0.39 is 0 Å². The van der Waals surface area contributed by atoms with Gasteiger partial charge in [0.05, 0.1) is 18.2 Å². The molecule has 5 heteroatoms. The number of likely N-dealkylation sites (tertiary alicyclic amines) is 1. The van der Waals surface area contributed by atoms with Crippen molar-refractivity contribution in [2.45, 2.75) is 50.8 Å². The lowest BCUT2D eigenvalue weighted by atomic mass is 10.0. The zero-order chi connectivity index (χ0) is 12.7. The molecule has 1 aliphatic carbocycles. The molecule has 2 unspecified atom stereocenters. The predicted molar refractivity (Wildman–Crippen MR) is 64.8 cm³/mol. The van der Waals surface area contributed by atoms with E-state index >= 15 is 0 Å². The third-order valence-electron chi connectivity index (χ3n) is 4.20. The maximum Gasteiger partial charge on any atom is 0.223 e. The Hall–Kier alpha value is -1.10. The molecule has 0 aromatic rings. The van der Waals surface area contributed by atoms with E-state index in [0.717, 1.165) is 32.3 Å². The minimum absolute atomic E-state index is 0.00894. The Morgan fingerprint density at radius 2 is 2.06 bits per heavy atom. The maximum absolute atomic E-state index is 11.8. The van der Waals surface area contributed by atoms with E-state index in [-0.39, 0.29) is 35.9 Å². The minimum Gasteiger partial charge on any atom is -0.374 e. The van der Waals surface area contributed by atoms with Crippen molar-refractivity contribution in [2.75, 3.05) is 13.2 Å². The molecule has 2 amide bonds. The molecule has 0 radical (unpaired) electrons. The fourth-order valence-corrected chi connectivity index (χ4v) is 3.09. The molecular weight excluding hydrogens is 232 g/mol. The topological polar surface area (TPSA) is 58.6 Å². The van der Waals surface area contributed by atoms with E-state index in [1.54, 1.807) is 6.92 Å². The molecule has 3 atom stereocenters. The number of amides is 2. The molecular formula is C13H20N2O3. The number of fused-ring (bicyclic) bond motifs is 1. The molecule has 1 N–H and O–H groups in total. The smallest absolute Gasteiger partial charge is 0.223 e. The second-order valence-electron chi connectivity index (χ2n) is 5.61. The molecule has 2 saturated heterocycles. The number of carbonyl (C=O) groups excluding carboxylic acids is 2. The van der Waals surface area contributed by atoms with Crippen LogP contribution >= 0.6 is 0 Å².